The summed E-state index contributed by atoms with van der Waals surface area (Å²) in [5, 5.41) is 11.4. The highest BCUT2D eigenvalue weighted by Gasteiger charge is 2.46. The largest absolute Gasteiger partial charge is 0.507 e. The van der Waals surface area contributed by atoms with E-state index in [1.165, 1.54) is 0 Å². The van der Waals surface area contributed by atoms with E-state index in [0.717, 1.165) is 42.9 Å². The Bertz CT molecular complexity index is 1190. The number of Topliss-reactive ketones (excluding diaryl/α,β-unsaturated/α-hetero) is 1. The molecule has 2 aromatic rings. The minimum Gasteiger partial charge on any atom is -0.507 e. The third-order valence-electron chi connectivity index (χ3n) is 7.10. The van der Waals surface area contributed by atoms with Gasteiger partial charge in [-0.3, -0.25) is 14.5 Å². The number of benzene rings is 2. The zero-order chi connectivity index (χ0) is 25.2. The molecule has 8 nitrogen and oxygen atoms in total. The molecule has 0 radical (unpaired) electrons. The van der Waals surface area contributed by atoms with E-state index in [-0.39, 0.29) is 17.4 Å². The van der Waals surface area contributed by atoms with Gasteiger partial charge in [-0.1, -0.05) is 12.1 Å². The van der Waals surface area contributed by atoms with E-state index in [1.807, 2.05) is 43.3 Å². The highest BCUT2D eigenvalue weighted by molar-refractivity contribution is 6.46. The van der Waals surface area contributed by atoms with Crippen LogP contribution >= 0.6 is 0 Å². The summed E-state index contributed by atoms with van der Waals surface area (Å²) < 4.78 is 16.6. The number of methoxy groups -OCH3 is 1. The van der Waals surface area contributed by atoms with Crippen LogP contribution in [0.2, 0.25) is 0 Å². The van der Waals surface area contributed by atoms with Crippen molar-refractivity contribution in [3.05, 3.63) is 64.7 Å². The molecule has 2 atom stereocenters. The fourth-order valence-electron chi connectivity index (χ4n) is 5.28. The van der Waals surface area contributed by atoms with Crippen LogP contribution in [0.5, 0.6) is 11.5 Å². The molecule has 2 unspecified atom stereocenters. The smallest absolute Gasteiger partial charge is 0.295 e. The fourth-order valence-corrected chi connectivity index (χ4v) is 5.28. The second kappa shape index (κ2) is 10.3. The lowest BCUT2D eigenvalue weighted by molar-refractivity contribution is -0.140. The van der Waals surface area contributed by atoms with Gasteiger partial charge in [0.15, 0.2) is 0 Å². The van der Waals surface area contributed by atoms with Gasteiger partial charge in [-0.2, -0.15) is 0 Å². The van der Waals surface area contributed by atoms with Crippen LogP contribution in [0.3, 0.4) is 0 Å². The van der Waals surface area contributed by atoms with E-state index in [2.05, 4.69) is 4.90 Å². The van der Waals surface area contributed by atoms with Crippen molar-refractivity contribution in [2.45, 2.75) is 31.9 Å². The molecule has 0 aromatic heterocycles. The Morgan fingerprint density at radius 1 is 1.11 bits per heavy atom. The second-order valence-electron chi connectivity index (χ2n) is 9.53. The molecule has 1 N–H and O–H groups in total. The number of carbonyl (C=O) groups is 2. The summed E-state index contributed by atoms with van der Waals surface area (Å²) in [5.41, 5.74) is 2.31. The molecular formula is C28H32N2O6. The fraction of sp³-hybridized carbons (Fsp3) is 0.429. The Morgan fingerprint density at radius 3 is 2.69 bits per heavy atom. The highest BCUT2D eigenvalue weighted by Crippen LogP contribution is 2.41. The number of amides is 1. The van der Waals surface area contributed by atoms with Crippen LogP contribution in [0, 0.1) is 0 Å². The van der Waals surface area contributed by atoms with Gasteiger partial charge >= 0.3 is 0 Å². The highest BCUT2D eigenvalue weighted by atomic mass is 16.5. The predicted molar refractivity (Wildman–Crippen MR) is 134 cm³/mol. The van der Waals surface area contributed by atoms with Gasteiger partial charge < -0.3 is 24.2 Å². The molecule has 8 heteroatoms. The lowest BCUT2D eigenvalue weighted by Gasteiger charge is -2.29. The van der Waals surface area contributed by atoms with Gasteiger partial charge in [-0.05, 0) is 54.8 Å². The molecule has 5 rings (SSSR count). The summed E-state index contributed by atoms with van der Waals surface area (Å²) in [7, 11) is 1.58. The average molecular weight is 493 g/mol. The maximum Gasteiger partial charge on any atom is 0.295 e. The molecule has 2 fully saturated rings. The molecule has 0 bridgehead atoms. The van der Waals surface area contributed by atoms with E-state index in [1.54, 1.807) is 18.1 Å². The molecule has 0 aliphatic carbocycles. The summed E-state index contributed by atoms with van der Waals surface area (Å²) >= 11 is 0. The maximum atomic E-state index is 13.3. The number of hydrogen-bond donors (Lipinski definition) is 1. The molecule has 1 amide bonds. The Kier molecular flexibility index (Phi) is 6.98. The molecule has 190 valence electrons. The second-order valence-corrected chi connectivity index (χ2v) is 9.53. The van der Waals surface area contributed by atoms with Crippen molar-refractivity contribution < 1.29 is 28.9 Å². The molecule has 3 aliphatic heterocycles. The number of morpholine rings is 1. The standard InChI is InChI=1S/C28H32N2O6/c1-18-15-21-16-20(7-8-23(21)36-18)26(31)24-25(19-5-3-6-22(17-19)34-2)30(28(33)27(24)32)10-4-9-29-11-13-35-14-12-29/h3,5-8,16-18,25,31H,4,9-15H2,1-2H3/b26-24+. The van der Waals surface area contributed by atoms with E-state index < -0.39 is 17.7 Å². The Balaban J connectivity index is 1.49. The number of nitrogens with zero attached hydrogens (tertiary/aromatic N) is 2. The van der Waals surface area contributed by atoms with Gasteiger partial charge in [0.05, 0.1) is 31.9 Å². The monoisotopic (exact) mass is 492 g/mol. The summed E-state index contributed by atoms with van der Waals surface area (Å²) in [6.07, 6.45) is 1.50. The van der Waals surface area contributed by atoms with E-state index in [0.29, 0.717) is 37.5 Å². The SMILES string of the molecule is COc1cccc(C2/C(=C(\O)c3ccc4c(c3)CC(C)O4)C(=O)C(=O)N2CCCN2CCOCC2)c1. The summed E-state index contributed by atoms with van der Waals surface area (Å²) in [6, 6.07) is 12.0. The van der Waals surface area contributed by atoms with Crippen molar-refractivity contribution in [1.82, 2.24) is 9.80 Å². The zero-order valence-electron chi connectivity index (χ0n) is 20.7. The number of rotatable bonds is 7. The molecule has 0 saturated carbocycles. The molecule has 0 spiro atoms. The minimum absolute atomic E-state index is 0.0613. The van der Waals surface area contributed by atoms with Crippen LogP contribution in [0.4, 0.5) is 0 Å². The number of likely N-dealkylation sites (tertiary alicyclic amines) is 1. The number of aliphatic hydroxyl groups is 1. The molecule has 2 aromatic carbocycles. The van der Waals surface area contributed by atoms with Crippen molar-refractivity contribution in [2.75, 3.05) is 46.5 Å². The topological polar surface area (TPSA) is 88.5 Å². The minimum atomic E-state index is -0.701. The molecule has 36 heavy (non-hydrogen) atoms. The first-order chi connectivity index (χ1) is 17.5. The summed E-state index contributed by atoms with van der Waals surface area (Å²) in [5.74, 6) is -0.0255. The van der Waals surface area contributed by atoms with Crippen LogP contribution in [0.25, 0.3) is 5.76 Å². The van der Waals surface area contributed by atoms with Crippen LogP contribution < -0.4 is 9.47 Å². The first kappa shape index (κ1) is 24.3. The first-order valence-corrected chi connectivity index (χ1v) is 12.5. The third-order valence-corrected chi connectivity index (χ3v) is 7.10. The lowest BCUT2D eigenvalue weighted by atomic mass is 9.94. The number of ketones is 1. The van der Waals surface area contributed by atoms with Crippen molar-refractivity contribution in [1.29, 1.82) is 0 Å². The number of ether oxygens (including phenoxy) is 3. The van der Waals surface area contributed by atoms with E-state index in [4.69, 9.17) is 14.2 Å². The van der Waals surface area contributed by atoms with Crippen molar-refractivity contribution in [3.63, 3.8) is 0 Å². The van der Waals surface area contributed by atoms with Crippen molar-refractivity contribution >= 4 is 17.4 Å². The maximum absolute atomic E-state index is 13.3. The number of carbonyl (C=O) groups excluding carboxylic acids is 2. The van der Waals surface area contributed by atoms with Gasteiger partial charge in [-0.25, -0.2) is 0 Å². The zero-order valence-corrected chi connectivity index (χ0v) is 20.7. The third kappa shape index (κ3) is 4.70. The quantitative estimate of drug-likeness (QED) is 0.361. The lowest BCUT2D eigenvalue weighted by Crippen LogP contribution is -2.38. The summed E-state index contributed by atoms with van der Waals surface area (Å²) in [6.45, 7) is 6.33. The van der Waals surface area contributed by atoms with Gasteiger partial charge in [-0.15, -0.1) is 0 Å². The Labute approximate surface area is 211 Å². The Morgan fingerprint density at radius 2 is 1.92 bits per heavy atom. The van der Waals surface area contributed by atoms with E-state index in [9.17, 15) is 14.7 Å². The average Bonchev–Trinajstić information content (AvgIpc) is 3.40. The predicted octanol–water partition coefficient (Wildman–Crippen LogP) is 3.16. The molecular weight excluding hydrogens is 460 g/mol. The molecule has 3 aliphatic rings. The molecule has 2 saturated heterocycles. The van der Waals surface area contributed by atoms with Gasteiger partial charge in [0.1, 0.15) is 23.4 Å². The number of aliphatic hydroxyl groups excluding tert-OH is 1. The molecule has 3 heterocycles. The van der Waals surface area contributed by atoms with E-state index >= 15 is 0 Å². The van der Waals surface area contributed by atoms with Gasteiger partial charge in [0, 0.05) is 38.2 Å². The van der Waals surface area contributed by atoms with Crippen molar-refractivity contribution in [2.24, 2.45) is 0 Å². The van der Waals surface area contributed by atoms with Crippen LogP contribution in [-0.4, -0.2) is 79.2 Å². The Hall–Kier alpha value is -3.36. The van der Waals surface area contributed by atoms with Gasteiger partial charge in [0.2, 0.25) is 0 Å². The van der Waals surface area contributed by atoms with Crippen LogP contribution in [-0.2, 0) is 20.7 Å². The van der Waals surface area contributed by atoms with Crippen LogP contribution in [0.15, 0.2) is 48.0 Å². The first-order valence-electron chi connectivity index (χ1n) is 12.5. The van der Waals surface area contributed by atoms with Gasteiger partial charge in [0.25, 0.3) is 11.7 Å². The normalized spacial score (nSPS) is 23.6. The number of fused-ring (bicyclic) bond motifs is 1. The van der Waals surface area contributed by atoms with Crippen molar-refractivity contribution in [3.8, 4) is 11.5 Å². The number of hydrogen-bond acceptors (Lipinski definition) is 7. The summed E-state index contributed by atoms with van der Waals surface area (Å²) in [4.78, 5) is 30.5. The van der Waals surface area contributed by atoms with Crippen LogP contribution in [0.1, 0.15) is 36.1 Å².